The van der Waals surface area contributed by atoms with Crippen LogP contribution in [0, 0.1) is 0 Å². The lowest BCUT2D eigenvalue weighted by molar-refractivity contribution is -0.138. The Kier molecular flexibility index (Phi) is 6.05. The van der Waals surface area contributed by atoms with E-state index in [9.17, 15) is 9.59 Å². The maximum atomic E-state index is 11.6. The van der Waals surface area contributed by atoms with E-state index in [1.807, 2.05) is 6.92 Å². The zero-order chi connectivity index (χ0) is 14.3. The fraction of sp³-hybridized carbons (Fsp3) is 0.615. The first-order chi connectivity index (χ1) is 9.08. The fourth-order valence-corrected chi connectivity index (χ4v) is 1.87. The summed E-state index contributed by atoms with van der Waals surface area (Å²) in [7, 11) is 2.49. The van der Waals surface area contributed by atoms with Crippen molar-refractivity contribution in [2.75, 3.05) is 27.3 Å². The molecule has 1 saturated heterocycles. The summed E-state index contributed by atoms with van der Waals surface area (Å²) in [6.45, 7) is 3.66. The van der Waals surface area contributed by atoms with Crippen LogP contribution < -0.4 is 0 Å². The third-order valence-corrected chi connectivity index (χ3v) is 2.95. The maximum absolute atomic E-state index is 11.6. The van der Waals surface area contributed by atoms with Crippen molar-refractivity contribution in [3.8, 4) is 0 Å². The molecule has 0 aromatic carbocycles. The zero-order valence-electron chi connectivity index (χ0n) is 11.6. The van der Waals surface area contributed by atoms with Crippen LogP contribution in [0.5, 0.6) is 0 Å². The normalized spacial score (nSPS) is 17.1. The molecule has 0 aliphatic carbocycles. The molecule has 0 spiro atoms. The van der Waals surface area contributed by atoms with Gasteiger partial charge in [0.05, 0.1) is 20.3 Å². The number of carbonyl (C=O) groups excluding carboxylic acids is 2. The molecule has 0 unspecified atom stereocenters. The van der Waals surface area contributed by atoms with Gasteiger partial charge in [0.25, 0.3) is 0 Å². The number of hydrogen-bond donors (Lipinski definition) is 0. The Bertz CT molecular complexity index is 395. The molecule has 1 heterocycles. The zero-order valence-corrected chi connectivity index (χ0v) is 11.6. The van der Waals surface area contributed by atoms with E-state index in [0.717, 1.165) is 32.0 Å². The average molecular weight is 268 g/mol. The highest BCUT2D eigenvalue weighted by Gasteiger charge is 2.15. The van der Waals surface area contributed by atoms with Gasteiger partial charge in [-0.2, -0.15) is 0 Å². The van der Waals surface area contributed by atoms with Crippen molar-refractivity contribution in [2.45, 2.75) is 26.2 Å². The minimum Gasteiger partial charge on any atom is -0.466 e. The molecule has 19 heavy (non-hydrogen) atoms. The van der Waals surface area contributed by atoms with Crippen molar-refractivity contribution in [1.82, 2.24) is 4.90 Å². The molecule has 0 atom stereocenters. The van der Waals surface area contributed by atoms with Crippen LogP contribution in [0.25, 0.3) is 0 Å². The summed E-state index contributed by atoms with van der Waals surface area (Å²) in [5.41, 5.74) is -0.0441. The molecule has 6 nitrogen and oxygen atoms in total. The molecule has 0 amide bonds. The maximum Gasteiger partial charge on any atom is 0.356 e. The van der Waals surface area contributed by atoms with Gasteiger partial charge in [-0.05, 0) is 26.2 Å². The fourth-order valence-electron chi connectivity index (χ4n) is 1.87. The molecule has 1 fully saturated rings. The number of rotatable bonds is 3. The standard InChI is InChI=1S/C13H20N2O4/c1-10(15-7-5-4-6-8-15)14-11(13(17)19-3)9-12(16)18-2/h9H,4-8H2,1-3H3/b11-9+,14-10?. The van der Waals surface area contributed by atoms with Gasteiger partial charge in [-0.15, -0.1) is 0 Å². The van der Waals surface area contributed by atoms with Crippen LogP contribution >= 0.6 is 0 Å². The first-order valence-electron chi connectivity index (χ1n) is 6.26. The minimum absolute atomic E-state index is 0.0441. The molecule has 0 bridgehead atoms. The van der Waals surface area contributed by atoms with Crippen molar-refractivity contribution in [3.05, 3.63) is 11.8 Å². The Morgan fingerprint density at radius 3 is 2.26 bits per heavy atom. The monoisotopic (exact) mass is 268 g/mol. The highest BCUT2D eigenvalue weighted by molar-refractivity contribution is 5.98. The number of hydrogen-bond acceptors (Lipinski definition) is 5. The lowest BCUT2D eigenvalue weighted by atomic mass is 10.1. The number of piperidine rings is 1. The molecule has 6 heteroatoms. The average Bonchev–Trinajstić information content (AvgIpc) is 2.46. The molecule has 0 saturated carbocycles. The highest BCUT2D eigenvalue weighted by atomic mass is 16.5. The number of methoxy groups -OCH3 is 2. The minimum atomic E-state index is -0.651. The predicted molar refractivity (Wildman–Crippen MR) is 70.6 cm³/mol. The number of esters is 2. The summed E-state index contributed by atoms with van der Waals surface area (Å²) in [6.07, 6.45) is 4.48. The van der Waals surface area contributed by atoms with Gasteiger partial charge in [0, 0.05) is 13.1 Å². The lowest BCUT2D eigenvalue weighted by Gasteiger charge is -2.28. The summed E-state index contributed by atoms with van der Waals surface area (Å²) in [4.78, 5) is 29.1. The van der Waals surface area contributed by atoms with E-state index < -0.39 is 11.9 Å². The van der Waals surface area contributed by atoms with Crippen LogP contribution in [0.4, 0.5) is 0 Å². The quantitative estimate of drug-likeness (QED) is 0.332. The molecule has 0 N–H and O–H groups in total. The van der Waals surface area contributed by atoms with E-state index in [4.69, 9.17) is 0 Å². The van der Waals surface area contributed by atoms with Crippen molar-refractivity contribution < 1.29 is 19.1 Å². The van der Waals surface area contributed by atoms with Crippen molar-refractivity contribution >= 4 is 17.8 Å². The predicted octanol–water partition coefficient (Wildman–Crippen LogP) is 1.12. The van der Waals surface area contributed by atoms with Crippen molar-refractivity contribution in [2.24, 2.45) is 4.99 Å². The van der Waals surface area contributed by atoms with Gasteiger partial charge in [0.15, 0.2) is 5.70 Å². The highest BCUT2D eigenvalue weighted by Crippen LogP contribution is 2.11. The number of nitrogens with zero attached hydrogens (tertiary/aromatic N) is 2. The molecule has 106 valence electrons. The molecule has 1 aliphatic rings. The third kappa shape index (κ3) is 4.73. The van der Waals surface area contributed by atoms with Gasteiger partial charge in [-0.1, -0.05) is 0 Å². The third-order valence-electron chi connectivity index (χ3n) is 2.95. The van der Waals surface area contributed by atoms with Gasteiger partial charge >= 0.3 is 11.9 Å². The van der Waals surface area contributed by atoms with Crippen LogP contribution in [-0.4, -0.2) is 50.0 Å². The summed E-state index contributed by atoms with van der Waals surface area (Å²) in [5.74, 6) is -0.572. The van der Waals surface area contributed by atoms with E-state index in [1.54, 1.807) is 0 Å². The summed E-state index contributed by atoms with van der Waals surface area (Å²) >= 11 is 0. The molecular formula is C13H20N2O4. The van der Waals surface area contributed by atoms with Gasteiger partial charge < -0.3 is 14.4 Å². The van der Waals surface area contributed by atoms with Crippen LogP contribution in [-0.2, 0) is 19.1 Å². The number of carbonyl (C=O) groups is 2. The second kappa shape index (κ2) is 7.56. The Morgan fingerprint density at radius 2 is 1.74 bits per heavy atom. The second-order valence-corrected chi connectivity index (χ2v) is 4.25. The number of aliphatic imine (C=N–C) groups is 1. The van der Waals surface area contributed by atoms with Gasteiger partial charge in [-0.3, -0.25) is 0 Å². The summed E-state index contributed by atoms with van der Waals surface area (Å²) in [6, 6.07) is 0. The van der Waals surface area contributed by atoms with E-state index in [1.165, 1.54) is 20.6 Å². The number of amidine groups is 1. The van der Waals surface area contributed by atoms with Crippen molar-refractivity contribution in [3.63, 3.8) is 0 Å². The largest absolute Gasteiger partial charge is 0.466 e. The van der Waals surface area contributed by atoms with Crippen LogP contribution in [0.2, 0.25) is 0 Å². The molecular weight excluding hydrogens is 248 g/mol. The van der Waals surface area contributed by atoms with Gasteiger partial charge in [0.2, 0.25) is 0 Å². The number of ether oxygens (including phenoxy) is 2. The molecule has 0 aromatic rings. The van der Waals surface area contributed by atoms with E-state index in [0.29, 0.717) is 5.84 Å². The van der Waals surface area contributed by atoms with E-state index in [2.05, 4.69) is 19.4 Å². The first-order valence-corrected chi connectivity index (χ1v) is 6.26. The summed E-state index contributed by atoms with van der Waals surface area (Å²) in [5, 5.41) is 0. The molecule has 1 rings (SSSR count). The van der Waals surface area contributed by atoms with E-state index >= 15 is 0 Å². The Labute approximate surface area is 113 Å². The Hall–Kier alpha value is -1.85. The van der Waals surface area contributed by atoms with E-state index in [-0.39, 0.29) is 5.70 Å². The molecule has 0 aromatic heterocycles. The number of likely N-dealkylation sites (tertiary alicyclic amines) is 1. The second-order valence-electron chi connectivity index (χ2n) is 4.25. The van der Waals surface area contributed by atoms with Crippen molar-refractivity contribution in [1.29, 1.82) is 0 Å². The molecule has 0 radical (unpaired) electrons. The lowest BCUT2D eigenvalue weighted by Crippen LogP contribution is -2.34. The SMILES string of the molecule is COC(=O)/C=C(/N=C(C)N1CCCCC1)C(=O)OC. The topological polar surface area (TPSA) is 68.2 Å². The van der Waals surface area contributed by atoms with Crippen LogP contribution in [0.3, 0.4) is 0 Å². The van der Waals surface area contributed by atoms with Gasteiger partial charge in [0.1, 0.15) is 5.84 Å². The smallest absolute Gasteiger partial charge is 0.356 e. The Balaban J connectivity index is 2.88. The Morgan fingerprint density at radius 1 is 1.11 bits per heavy atom. The summed E-state index contributed by atoms with van der Waals surface area (Å²) < 4.78 is 9.10. The van der Waals surface area contributed by atoms with Gasteiger partial charge in [-0.25, -0.2) is 14.6 Å². The van der Waals surface area contributed by atoms with Crippen LogP contribution in [0.15, 0.2) is 16.8 Å². The van der Waals surface area contributed by atoms with Crippen LogP contribution in [0.1, 0.15) is 26.2 Å². The first kappa shape index (κ1) is 15.2. The molecule has 1 aliphatic heterocycles.